The summed E-state index contributed by atoms with van der Waals surface area (Å²) in [5, 5.41) is 14.5. The number of amides is 1. The first-order chi connectivity index (χ1) is 13.9. The van der Waals surface area contributed by atoms with Gasteiger partial charge in [-0.3, -0.25) is 9.69 Å². The van der Waals surface area contributed by atoms with Gasteiger partial charge in [0.15, 0.2) is 0 Å². The smallest absolute Gasteiger partial charge is 0.234 e. The van der Waals surface area contributed by atoms with Gasteiger partial charge in [-0.05, 0) is 56.0 Å². The molecule has 29 heavy (non-hydrogen) atoms. The summed E-state index contributed by atoms with van der Waals surface area (Å²) >= 11 is 6.18. The molecule has 1 unspecified atom stereocenters. The Labute approximate surface area is 177 Å². The number of benzene rings is 2. The van der Waals surface area contributed by atoms with Crippen molar-refractivity contribution in [1.82, 2.24) is 10.2 Å². The standard InChI is InChI=1S/C23H29ClN2O3/c1-18-8-9-20(24)21(14-18)29-17-23(28)11-5-13-26(16-23)15-22(27)25-12-10-19-6-3-2-4-7-19/h2-4,6-9,14,28H,5,10-13,15-17H2,1H3,(H,25,27). The van der Waals surface area contributed by atoms with Gasteiger partial charge in [-0.15, -0.1) is 0 Å². The summed E-state index contributed by atoms with van der Waals surface area (Å²) in [4.78, 5) is 14.3. The van der Waals surface area contributed by atoms with E-state index in [9.17, 15) is 9.90 Å². The molecule has 1 saturated heterocycles. The lowest BCUT2D eigenvalue weighted by molar-refractivity contribution is -0.124. The monoisotopic (exact) mass is 416 g/mol. The number of rotatable bonds is 8. The van der Waals surface area contributed by atoms with Crippen LogP contribution in [-0.2, 0) is 11.2 Å². The third-order valence-electron chi connectivity index (χ3n) is 5.16. The van der Waals surface area contributed by atoms with Crippen molar-refractivity contribution in [1.29, 1.82) is 0 Å². The van der Waals surface area contributed by atoms with E-state index >= 15 is 0 Å². The molecule has 0 radical (unpaired) electrons. The summed E-state index contributed by atoms with van der Waals surface area (Å²) in [5.41, 5.74) is 1.26. The number of piperidine rings is 1. The van der Waals surface area contributed by atoms with Gasteiger partial charge in [-0.2, -0.15) is 0 Å². The molecule has 1 amide bonds. The van der Waals surface area contributed by atoms with E-state index < -0.39 is 5.60 Å². The third-order valence-corrected chi connectivity index (χ3v) is 5.48. The van der Waals surface area contributed by atoms with Crippen LogP contribution in [0.25, 0.3) is 0 Å². The van der Waals surface area contributed by atoms with Gasteiger partial charge in [-0.1, -0.05) is 48.0 Å². The van der Waals surface area contributed by atoms with Gasteiger partial charge in [0, 0.05) is 13.1 Å². The van der Waals surface area contributed by atoms with Crippen molar-refractivity contribution in [3.63, 3.8) is 0 Å². The summed E-state index contributed by atoms with van der Waals surface area (Å²) < 4.78 is 5.82. The predicted octanol–water partition coefficient (Wildman–Crippen LogP) is 3.21. The van der Waals surface area contributed by atoms with E-state index in [4.69, 9.17) is 16.3 Å². The number of likely N-dealkylation sites (tertiary alicyclic amines) is 1. The fourth-order valence-corrected chi connectivity index (χ4v) is 3.81. The van der Waals surface area contributed by atoms with E-state index in [1.165, 1.54) is 5.56 Å². The van der Waals surface area contributed by atoms with Crippen molar-refractivity contribution < 1.29 is 14.6 Å². The summed E-state index contributed by atoms with van der Waals surface area (Å²) in [5.74, 6) is 0.559. The predicted molar refractivity (Wildman–Crippen MR) is 115 cm³/mol. The normalized spacial score (nSPS) is 19.7. The maximum atomic E-state index is 12.3. The van der Waals surface area contributed by atoms with Crippen molar-refractivity contribution in [3.8, 4) is 5.75 Å². The van der Waals surface area contributed by atoms with Gasteiger partial charge >= 0.3 is 0 Å². The summed E-state index contributed by atoms with van der Waals surface area (Å²) in [6, 6.07) is 15.7. The fraction of sp³-hybridized carbons (Fsp3) is 0.435. The largest absolute Gasteiger partial charge is 0.489 e. The van der Waals surface area contributed by atoms with Gasteiger partial charge in [0.2, 0.25) is 5.91 Å². The Hall–Kier alpha value is -2.08. The average molecular weight is 417 g/mol. The van der Waals surface area contributed by atoms with Crippen LogP contribution in [-0.4, -0.2) is 54.3 Å². The molecule has 0 saturated carbocycles. The topological polar surface area (TPSA) is 61.8 Å². The molecule has 156 valence electrons. The Morgan fingerprint density at radius 3 is 2.86 bits per heavy atom. The molecule has 1 aliphatic heterocycles. The molecule has 5 nitrogen and oxygen atoms in total. The van der Waals surface area contributed by atoms with E-state index in [0.717, 1.165) is 24.9 Å². The summed E-state index contributed by atoms with van der Waals surface area (Å²) in [7, 11) is 0. The molecule has 3 rings (SSSR count). The molecule has 2 aromatic rings. The van der Waals surface area contributed by atoms with Crippen LogP contribution in [0.4, 0.5) is 0 Å². The molecular weight excluding hydrogens is 388 g/mol. The summed E-state index contributed by atoms with van der Waals surface area (Å²) in [6.07, 6.45) is 2.27. The van der Waals surface area contributed by atoms with Crippen LogP contribution >= 0.6 is 11.6 Å². The van der Waals surface area contributed by atoms with Crippen molar-refractivity contribution in [2.24, 2.45) is 0 Å². The fourth-order valence-electron chi connectivity index (χ4n) is 3.64. The van der Waals surface area contributed by atoms with Crippen LogP contribution in [0.3, 0.4) is 0 Å². The van der Waals surface area contributed by atoms with Crippen LogP contribution in [0.2, 0.25) is 5.02 Å². The highest BCUT2D eigenvalue weighted by Crippen LogP contribution is 2.28. The molecule has 1 fully saturated rings. The van der Waals surface area contributed by atoms with Gasteiger partial charge in [-0.25, -0.2) is 0 Å². The number of halogens is 1. The molecule has 0 aliphatic carbocycles. The zero-order chi connectivity index (χ0) is 20.7. The maximum Gasteiger partial charge on any atom is 0.234 e. The lowest BCUT2D eigenvalue weighted by Gasteiger charge is -2.38. The maximum absolute atomic E-state index is 12.3. The lowest BCUT2D eigenvalue weighted by atomic mass is 9.93. The van der Waals surface area contributed by atoms with Crippen LogP contribution in [0.1, 0.15) is 24.0 Å². The van der Waals surface area contributed by atoms with Crippen LogP contribution in [0.15, 0.2) is 48.5 Å². The number of carbonyl (C=O) groups is 1. The average Bonchev–Trinajstić information content (AvgIpc) is 2.69. The van der Waals surface area contributed by atoms with Gasteiger partial charge in [0.25, 0.3) is 0 Å². The number of β-amino-alcohol motifs (C(OH)–C–C–N with tert-alkyl or cyclic N) is 1. The Balaban J connectivity index is 1.45. The SMILES string of the molecule is Cc1ccc(Cl)c(OCC2(O)CCCN(CC(=O)NCCc3ccccc3)C2)c1. The number of aliphatic hydroxyl groups is 1. The van der Waals surface area contributed by atoms with Gasteiger partial charge < -0.3 is 15.2 Å². The molecule has 0 bridgehead atoms. The Morgan fingerprint density at radius 2 is 2.07 bits per heavy atom. The quantitative estimate of drug-likeness (QED) is 0.693. The first-order valence-electron chi connectivity index (χ1n) is 10.1. The van der Waals surface area contributed by atoms with E-state index in [0.29, 0.717) is 30.3 Å². The number of carbonyl (C=O) groups excluding carboxylic acids is 1. The number of hydrogen-bond donors (Lipinski definition) is 2. The van der Waals surface area contributed by atoms with Crippen molar-refractivity contribution in [3.05, 3.63) is 64.7 Å². The Morgan fingerprint density at radius 1 is 1.28 bits per heavy atom. The number of aryl methyl sites for hydroxylation is 1. The Kier molecular flexibility index (Phi) is 7.53. The minimum absolute atomic E-state index is 0.0205. The molecule has 0 aromatic heterocycles. The molecule has 6 heteroatoms. The Bertz CT molecular complexity index is 815. The third kappa shape index (κ3) is 6.74. The second-order valence-corrected chi connectivity index (χ2v) is 8.25. The lowest BCUT2D eigenvalue weighted by Crippen LogP contribution is -2.53. The molecular formula is C23H29ClN2O3. The van der Waals surface area contributed by atoms with Crippen molar-refractivity contribution >= 4 is 17.5 Å². The summed E-state index contributed by atoms with van der Waals surface area (Å²) in [6.45, 7) is 4.21. The number of nitrogens with zero attached hydrogens (tertiary/aromatic N) is 1. The van der Waals surface area contributed by atoms with Crippen LogP contribution < -0.4 is 10.1 Å². The second kappa shape index (κ2) is 10.1. The molecule has 1 atom stereocenters. The van der Waals surface area contributed by atoms with E-state index in [-0.39, 0.29) is 19.1 Å². The van der Waals surface area contributed by atoms with Crippen molar-refractivity contribution in [2.45, 2.75) is 31.8 Å². The van der Waals surface area contributed by atoms with E-state index in [2.05, 4.69) is 17.4 Å². The molecule has 1 heterocycles. The van der Waals surface area contributed by atoms with Gasteiger partial charge in [0.05, 0.1) is 11.6 Å². The zero-order valence-electron chi connectivity index (χ0n) is 16.9. The van der Waals surface area contributed by atoms with E-state index in [1.54, 1.807) is 6.07 Å². The second-order valence-electron chi connectivity index (χ2n) is 7.85. The highest BCUT2D eigenvalue weighted by atomic mass is 35.5. The number of ether oxygens (including phenoxy) is 1. The highest BCUT2D eigenvalue weighted by molar-refractivity contribution is 6.32. The number of hydrogen-bond acceptors (Lipinski definition) is 4. The first-order valence-corrected chi connectivity index (χ1v) is 10.5. The van der Waals surface area contributed by atoms with E-state index in [1.807, 2.05) is 42.2 Å². The first kappa shape index (κ1) is 21.6. The van der Waals surface area contributed by atoms with Crippen LogP contribution in [0.5, 0.6) is 5.75 Å². The number of nitrogens with one attached hydrogen (secondary N) is 1. The molecule has 0 spiro atoms. The molecule has 1 aliphatic rings. The van der Waals surface area contributed by atoms with Crippen LogP contribution in [0, 0.1) is 6.92 Å². The zero-order valence-corrected chi connectivity index (χ0v) is 17.6. The minimum atomic E-state index is -0.990. The molecule has 2 N–H and O–H groups in total. The van der Waals surface area contributed by atoms with Crippen molar-refractivity contribution in [2.75, 3.05) is 32.8 Å². The van der Waals surface area contributed by atoms with Gasteiger partial charge in [0.1, 0.15) is 18.0 Å². The molecule has 2 aromatic carbocycles. The minimum Gasteiger partial charge on any atom is -0.489 e. The highest BCUT2D eigenvalue weighted by Gasteiger charge is 2.35.